The van der Waals surface area contributed by atoms with Crippen molar-refractivity contribution in [2.24, 2.45) is 5.92 Å². The van der Waals surface area contributed by atoms with Crippen LogP contribution in [0.4, 0.5) is 0 Å². The first-order valence-electron chi connectivity index (χ1n) is 7.61. The standard InChI is InChI=1S/C15H26N2O4/c1-10(2)12(16-11(3)18)13(19)17-15(14(20)21)8-6-4-5-7-9-15/h10,12H,4-9H2,1-3H3,(H,16,18)(H,17,19)(H,20,21). The van der Waals surface area contributed by atoms with Crippen molar-refractivity contribution in [2.45, 2.75) is 70.9 Å². The van der Waals surface area contributed by atoms with E-state index in [9.17, 15) is 19.5 Å². The van der Waals surface area contributed by atoms with Crippen LogP contribution in [0.25, 0.3) is 0 Å². The van der Waals surface area contributed by atoms with Crippen LogP contribution in [0.15, 0.2) is 0 Å². The second-order valence-corrected chi connectivity index (χ2v) is 6.21. The first-order chi connectivity index (χ1) is 9.78. The molecule has 0 aromatic heterocycles. The van der Waals surface area contributed by atoms with Crippen molar-refractivity contribution in [2.75, 3.05) is 0 Å². The zero-order valence-corrected chi connectivity index (χ0v) is 13.1. The van der Waals surface area contributed by atoms with E-state index in [0.717, 1.165) is 25.7 Å². The molecule has 1 saturated carbocycles. The quantitative estimate of drug-likeness (QED) is 0.669. The number of rotatable bonds is 5. The van der Waals surface area contributed by atoms with Gasteiger partial charge in [0.25, 0.3) is 0 Å². The highest BCUT2D eigenvalue weighted by Crippen LogP contribution is 2.27. The topological polar surface area (TPSA) is 95.5 Å². The molecule has 1 fully saturated rings. The average Bonchev–Trinajstić information content (AvgIpc) is 2.61. The Kier molecular flexibility index (Phi) is 6.18. The summed E-state index contributed by atoms with van der Waals surface area (Å²) in [5, 5.41) is 14.9. The number of carboxylic acids is 1. The number of carboxylic acid groups (broad SMARTS) is 1. The Morgan fingerprint density at radius 1 is 1.05 bits per heavy atom. The average molecular weight is 298 g/mol. The third-order valence-electron chi connectivity index (χ3n) is 4.04. The first kappa shape index (κ1) is 17.5. The largest absolute Gasteiger partial charge is 0.480 e. The molecule has 3 N–H and O–H groups in total. The fourth-order valence-corrected chi connectivity index (χ4v) is 2.79. The highest BCUT2D eigenvalue weighted by Gasteiger charge is 2.41. The highest BCUT2D eigenvalue weighted by molar-refractivity contribution is 5.92. The number of nitrogens with one attached hydrogen (secondary N) is 2. The molecule has 1 aliphatic rings. The van der Waals surface area contributed by atoms with Gasteiger partial charge in [-0.1, -0.05) is 39.5 Å². The monoisotopic (exact) mass is 298 g/mol. The van der Waals surface area contributed by atoms with E-state index in [1.54, 1.807) is 0 Å². The Balaban J connectivity index is 2.88. The van der Waals surface area contributed by atoms with E-state index in [0.29, 0.717) is 12.8 Å². The van der Waals surface area contributed by atoms with Gasteiger partial charge in [0.05, 0.1) is 0 Å². The molecule has 0 aliphatic heterocycles. The van der Waals surface area contributed by atoms with Crippen LogP contribution in [-0.4, -0.2) is 34.5 Å². The molecule has 1 atom stereocenters. The maximum Gasteiger partial charge on any atom is 0.329 e. The number of hydrogen-bond donors (Lipinski definition) is 3. The van der Waals surface area contributed by atoms with Crippen LogP contribution >= 0.6 is 0 Å². The molecule has 0 aromatic rings. The molecule has 21 heavy (non-hydrogen) atoms. The van der Waals surface area contributed by atoms with Gasteiger partial charge in [0, 0.05) is 6.92 Å². The van der Waals surface area contributed by atoms with Crippen molar-refractivity contribution >= 4 is 17.8 Å². The summed E-state index contributed by atoms with van der Waals surface area (Å²) in [6, 6.07) is -0.707. The molecule has 0 saturated heterocycles. The molecule has 0 radical (unpaired) electrons. The fraction of sp³-hybridized carbons (Fsp3) is 0.800. The minimum absolute atomic E-state index is 0.106. The summed E-state index contributed by atoms with van der Waals surface area (Å²) >= 11 is 0. The van der Waals surface area contributed by atoms with E-state index in [1.807, 2.05) is 13.8 Å². The molecule has 1 rings (SSSR count). The molecule has 6 heteroatoms. The molecule has 2 amide bonds. The summed E-state index contributed by atoms with van der Waals surface area (Å²) in [6.07, 6.45) is 4.45. The van der Waals surface area contributed by atoms with Gasteiger partial charge in [0.1, 0.15) is 11.6 Å². The zero-order valence-electron chi connectivity index (χ0n) is 13.1. The Morgan fingerprint density at radius 3 is 1.95 bits per heavy atom. The SMILES string of the molecule is CC(=O)NC(C(=O)NC1(C(=O)O)CCCCCC1)C(C)C. The Hall–Kier alpha value is -1.59. The zero-order chi connectivity index (χ0) is 16.0. The second kappa shape index (κ2) is 7.43. The maximum atomic E-state index is 12.4. The third kappa shape index (κ3) is 4.72. The van der Waals surface area contributed by atoms with Crippen LogP contribution in [-0.2, 0) is 14.4 Å². The van der Waals surface area contributed by atoms with Gasteiger partial charge in [0.15, 0.2) is 0 Å². The fourth-order valence-electron chi connectivity index (χ4n) is 2.79. The second-order valence-electron chi connectivity index (χ2n) is 6.21. The number of hydrogen-bond acceptors (Lipinski definition) is 3. The van der Waals surface area contributed by atoms with Crippen molar-refractivity contribution in [3.05, 3.63) is 0 Å². The van der Waals surface area contributed by atoms with Gasteiger partial charge < -0.3 is 15.7 Å². The van der Waals surface area contributed by atoms with Crippen molar-refractivity contribution in [1.29, 1.82) is 0 Å². The summed E-state index contributed by atoms with van der Waals surface area (Å²) in [5.41, 5.74) is -1.20. The predicted molar refractivity (Wildman–Crippen MR) is 78.7 cm³/mol. The highest BCUT2D eigenvalue weighted by atomic mass is 16.4. The number of carbonyl (C=O) groups is 3. The minimum Gasteiger partial charge on any atom is -0.480 e. The number of amides is 2. The Bertz CT molecular complexity index is 398. The van der Waals surface area contributed by atoms with E-state index < -0.39 is 23.5 Å². The van der Waals surface area contributed by atoms with Crippen LogP contribution in [0.1, 0.15) is 59.3 Å². The lowest BCUT2D eigenvalue weighted by Crippen LogP contribution is -2.60. The van der Waals surface area contributed by atoms with Crippen LogP contribution in [0.5, 0.6) is 0 Å². The van der Waals surface area contributed by atoms with Gasteiger partial charge in [-0.2, -0.15) is 0 Å². The van der Waals surface area contributed by atoms with Crippen molar-refractivity contribution in [1.82, 2.24) is 10.6 Å². The molecule has 0 aromatic carbocycles. The Labute approximate surface area is 125 Å². The van der Waals surface area contributed by atoms with Crippen molar-refractivity contribution in [3.8, 4) is 0 Å². The molecule has 6 nitrogen and oxygen atoms in total. The maximum absolute atomic E-state index is 12.4. The molecule has 0 heterocycles. The summed E-state index contributed by atoms with van der Waals surface area (Å²) in [6.45, 7) is 4.99. The third-order valence-corrected chi connectivity index (χ3v) is 4.04. The summed E-state index contributed by atoms with van der Waals surface area (Å²) < 4.78 is 0. The van der Waals surface area contributed by atoms with Gasteiger partial charge in [0.2, 0.25) is 11.8 Å². The van der Waals surface area contributed by atoms with E-state index in [1.165, 1.54) is 6.92 Å². The van der Waals surface area contributed by atoms with Crippen molar-refractivity contribution < 1.29 is 19.5 Å². The molecule has 0 bridgehead atoms. The molecule has 120 valence electrons. The van der Waals surface area contributed by atoms with E-state index in [-0.39, 0.29) is 11.8 Å². The summed E-state index contributed by atoms with van der Waals surface area (Å²) in [5.74, 6) is -1.80. The van der Waals surface area contributed by atoms with E-state index in [2.05, 4.69) is 10.6 Å². The first-order valence-corrected chi connectivity index (χ1v) is 7.61. The number of carbonyl (C=O) groups excluding carboxylic acids is 2. The van der Waals surface area contributed by atoms with E-state index in [4.69, 9.17) is 0 Å². The minimum atomic E-state index is -1.20. The van der Waals surface area contributed by atoms with E-state index >= 15 is 0 Å². The lowest BCUT2D eigenvalue weighted by molar-refractivity contribution is -0.149. The molecular formula is C15H26N2O4. The smallest absolute Gasteiger partial charge is 0.329 e. The lowest BCUT2D eigenvalue weighted by atomic mass is 9.89. The lowest BCUT2D eigenvalue weighted by Gasteiger charge is -2.32. The van der Waals surface area contributed by atoms with Gasteiger partial charge in [-0.15, -0.1) is 0 Å². The van der Waals surface area contributed by atoms with Crippen LogP contribution in [0, 0.1) is 5.92 Å². The van der Waals surface area contributed by atoms with Gasteiger partial charge in [-0.05, 0) is 18.8 Å². The van der Waals surface area contributed by atoms with Crippen molar-refractivity contribution in [3.63, 3.8) is 0 Å². The van der Waals surface area contributed by atoms with Gasteiger partial charge in [-0.25, -0.2) is 4.79 Å². The van der Waals surface area contributed by atoms with Crippen LogP contribution in [0.3, 0.4) is 0 Å². The van der Waals surface area contributed by atoms with Gasteiger partial charge in [-0.3, -0.25) is 9.59 Å². The summed E-state index contributed by atoms with van der Waals surface area (Å²) in [4.78, 5) is 35.3. The number of aliphatic carboxylic acids is 1. The molecule has 0 spiro atoms. The van der Waals surface area contributed by atoms with Crippen LogP contribution < -0.4 is 10.6 Å². The predicted octanol–water partition coefficient (Wildman–Crippen LogP) is 1.44. The Morgan fingerprint density at radius 2 is 1.57 bits per heavy atom. The van der Waals surface area contributed by atoms with Crippen LogP contribution in [0.2, 0.25) is 0 Å². The molecular weight excluding hydrogens is 272 g/mol. The summed E-state index contributed by atoms with van der Waals surface area (Å²) in [7, 11) is 0. The molecule has 1 aliphatic carbocycles. The van der Waals surface area contributed by atoms with Gasteiger partial charge >= 0.3 is 5.97 Å². The molecule has 1 unspecified atom stereocenters. The normalized spacial score (nSPS) is 19.4.